The monoisotopic (exact) mass is 659 g/mol. The molecule has 0 bridgehead atoms. The van der Waals surface area contributed by atoms with Crippen molar-refractivity contribution in [3.63, 3.8) is 0 Å². The van der Waals surface area contributed by atoms with E-state index in [-0.39, 0.29) is 12.6 Å². The third-order valence-electron chi connectivity index (χ3n) is 8.55. The first-order valence-corrected chi connectivity index (χ1v) is 15.0. The summed E-state index contributed by atoms with van der Waals surface area (Å²) in [5, 5.41) is 0. The molecule has 2 aliphatic rings. The van der Waals surface area contributed by atoms with Gasteiger partial charge in [0, 0.05) is 43.0 Å². The molecule has 0 radical (unpaired) electrons. The van der Waals surface area contributed by atoms with Crippen LogP contribution in [-0.4, -0.2) is 52.2 Å². The summed E-state index contributed by atoms with van der Waals surface area (Å²) in [5.74, 6) is 2.08. The second-order valence-corrected chi connectivity index (χ2v) is 11.6. The van der Waals surface area contributed by atoms with Crippen molar-refractivity contribution >= 4 is 11.9 Å². The molecule has 47 heavy (non-hydrogen) atoms. The smallest absolute Gasteiger partial charge is 0.416 e. The Morgan fingerprint density at radius 3 is 2.28 bits per heavy atom. The van der Waals surface area contributed by atoms with E-state index in [1.165, 1.54) is 18.9 Å². The number of ether oxygens (including phenoxy) is 2. The number of rotatable bonds is 9. The lowest BCUT2D eigenvalue weighted by atomic mass is 9.96. The Morgan fingerprint density at radius 2 is 1.68 bits per heavy atom. The number of aromatic nitrogens is 3. The zero-order chi connectivity index (χ0) is 33.5. The second-order valence-electron chi connectivity index (χ2n) is 11.6. The molecule has 14 heteroatoms. The van der Waals surface area contributed by atoms with Gasteiger partial charge in [0.1, 0.15) is 23.5 Å². The molecule has 2 aromatic carbocycles. The number of methoxy groups -OCH3 is 1. The number of anilines is 1. The summed E-state index contributed by atoms with van der Waals surface area (Å²) in [6.07, 6.45) is -6.56. The number of cyclic esters (lactones) is 1. The van der Waals surface area contributed by atoms with Gasteiger partial charge in [0.15, 0.2) is 0 Å². The molecule has 2 fully saturated rings. The predicted octanol–water partition coefficient (Wildman–Crippen LogP) is 7.60. The number of aromatic amines is 1. The van der Waals surface area contributed by atoms with Gasteiger partial charge in [-0.25, -0.2) is 14.8 Å². The van der Waals surface area contributed by atoms with Gasteiger partial charge in [-0.1, -0.05) is 6.07 Å². The maximum Gasteiger partial charge on any atom is 0.416 e. The van der Waals surface area contributed by atoms with Crippen molar-refractivity contribution in [2.24, 2.45) is 0 Å². The number of nitrogens with zero attached hydrogens (tertiary/aromatic N) is 4. The number of amides is 1. The zero-order valence-electron chi connectivity index (χ0n) is 25.5. The van der Waals surface area contributed by atoms with E-state index in [4.69, 9.17) is 14.5 Å². The molecule has 248 valence electrons. The van der Waals surface area contributed by atoms with Crippen LogP contribution in [0.1, 0.15) is 53.2 Å². The van der Waals surface area contributed by atoms with Crippen molar-refractivity contribution in [1.82, 2.24) is 19.9 Å². The van der Waals surface area contributed by atoms with E-state index in [0.29, 0.717) is 53.4 Å². The summed E-state index contributed by atoms with van der Waals surface area (Å²) in [5.41, 5.74) is -0.513. The first kappa shape index (κ1) is 32.2. The number of pyridine rings is 1. The number of carbonyl (C=O) groups excluding carboxylic acids is 1. The molecule has 1 amide bonds. The van der Waals surface area contributed by atoms with Gasteiger partial charge in [-0.05, 0) is 73.4 Å². The van der Waals surface area contributed by atoms with Crippen LogP contribution in [-0.2, 0) is 36.5 Å². The lowest BCUT2D eigenvalue weighted by Gasteiger charge is -2.33. The Balaban J connectivity index is 1.35. The molecule has 6 rings (SSSR count). The van der Waals surface area contributed by atoms with Crippen molar-refractivity contribution < 1.29 is 40.6 Å². The van der Waals surface area contributed by atoms with E-state index in [9.17, 15) is 31.1 Å². The molecule has 2 saturated heterocycles. The summed E-state index contributed by atoms with van der Waals surface area (Å²) in [6, 6.07) is 9.85. The van der Waals surface area contributed by atoms with Crippen LogP contribution in [0.3, 0.4) is 0 Å². The lowest BCUT2D eigenvalue weighted by molar-refractivity contribution is -0.143. The van der Waals surface area contributed by atoms with Crippen LogP contribution in [0.25, 0.3) is 11.1 Å². The molecule has 2 atom stereocenters. The number of H-pyrrole nitrogens is 1. The van der Waals surface area contributed by atoms with E-state index in [0.717, 1.165) is 30.9 Å². The van der Waals surface area contributed by atoms with Crippen LogP contribution in [0.5, 0.6) is 5.75 Å². The van der Waals surface area contributed by atoms with Gasteiger partial charge in [-0.2, -0.15) is 26.3 Å². The topological polar surface area (TPSA) is 83.6 Å². The number of halogens is 6. The fourth-order valence-electron chi connectivity index (χ4n) is 5.86. The minimum Gasteiger partial charge on any atom is -0.496 e. The van der Waals surface area contributed by atoms with E-state index in [1.54, 1.807) is 12.4 Å². The molecular weight excluding hydrogens is 628 g/mol. The van der Waals surface area contributed by atoms with E-state index in [2.05, 4.69) is 14.9 Å². The maximum absolute atomic E-state index is 13.6. The molecule has 8 nitrogen and oxygen atoms in total. The Morgan fingerprint density at radius 1 is 0.957 bits per heavy atom. The van der Waals surface area contributed by atoms with Crippen molar-refractivity contribution in [3.8, 4) is 16.9 Å². The quantitative estimate of drug-likeness (QED) is 0.187. The van der Waals surface area contributed by atoms with Crippen LogP contribution in [0.2, 0.25) is 0 Å². The summed E-state index contributed by atoms with van der Waals surface area (Å²) in [4.78, 5) is 28.8. The number of nitrogens with one attached hydrogen (secondary N) is 1. The van der Waals surface area contributed by atoms with Crippen LogP contribution < -0.4 is 9.64 Å². The van der Waals surface area contributed by atoms with E-state index < -0.39 is 47.3 Å². The fraction of sp³-hybridized carbons (Fsp3) is 0.364. The Labute approximate surface area is 266 Å². The molecule has 0 spiro atoms. The molecule has 4 aromatic rings. The normalized spacial score (nSPS) is 18.3. The first-order chi connectivity index (χ1) is 22.3. The highest BCUT2D eigenvalue weighted by molar-refractivity contribution is 5.76. The van der Waals surface area contributed by atoms with Gasteiger partial charge in [-0.15, -0.1) is 0 Å². The van der Waals surface area contributed by atoms with Gasteiger partial charge < -0.3 is 19.4 Å². The Kier molecular flexibility index (Phi) is 8.53. The molecule has 2 aromatic heterocycles. The highest BCUT2D eigenvalue weighted by Gasteiger charge is 2.43. The van der Waals surface area contributed by atoms with E-state index >= 15 is 0 Å². The van der Waals surface area contributed by atoms with Crippen molar-refractivity contribution in [2.75, 3.05) is 25.1 Å². The van der Waals surface area contributed by atoms with Gasteiger partial charge in [-0.3, -0.25) is 4.90 Å². The molecule has 0 aliphatic carbocycles. The number of carbonyl (C=O) groups is 1. The van der Waals surface area contributed by atoms with Gasteiger partial charge in [0.05, 0.1) is 36.5 Å². The third-order valence-corrected chi connectivity index (χ3v) is 8.55. The van der Waals surface area contributed by atoms with Crippen molar-refractivity contribution in [2.45, 2.75) is 57.2 Å². The standard InChI is InChI=1S/C33H31F6N5O3/c1-19-30(21-15-22(32(34,35)36)17-23(16-21)33(37,38)39)47-31(45)44(19)18-26-24(6-9-29(42-26)43-12-3-13-43)25-14-20(4-7-27(25)46-2)5-8-28-40-10-11-41-28/h4,6-7,9-11,14-17,19,30H,3,5,8,12-13,18H2,1-2H3,(H,40,41). The molecule has 2 aliphatic heterocycles. The van der Waals surface area contributed by atoms with Crippen molar-refractivity contribution in [3.05, 3.63) is 94.7 Å². The highest BCUT2D eigenvalue weighted by Crippen LogP contribution is 2.42. The number of aryl methyl sites for hydroxylation is 2. The average Bonchev–Trinajstić information content (AvgIpc) is 3.62. The zero-order valence-corrected chi connectivity index (χ0v) is 25.5. The van der Waals surface area contributed by atoms with Crippen LogP contribution >= 0.6 is 0 Å². The maximum atomic E-state index is 13.6. The summed E-state index contributed by atoms with van der Waals surface area (Å²) in [6.45, 7) is 3.02. The molecule has 2 unspecified atom stereocenters. The number of alkyl halides is 6. The first-order valence-electron chi connectivity index (χ1n) is 15.0. The highest BCUT2D eigenvalue weighted by atomic mass is 19.4. The fourth-order valence-corrected chi connectivity index (χ4v) is 5.86. The molecule has 0 saturated carbocycles. The van der Waals surface area contributed by atoms with Crippen LogP contribution in [0.15, 0.2) is 60.9 Å². The van der Waals surface area contributed by atoms with E-state index in [1.807, 2.05) is 30.3 Å². The second kappa shape index (κ2) is 12.5. The number of imidazole rings is 1. The summed E-state index contributed by atoms with van der Waals surface area (Å²) < 4.78 is 92.7. The molecular formula is C33H31F6N5O3. The average molecular weight is 660 g/mol. The number of benzene rings is 2. The Bertz CT molecular complexity index is 1720. The van der Waals surface area contributed by atoms with Crippen molar-refractivity contribution in [1.29, 1.82) is 0 Å². The van der Waals surface area contributed by atoms with Crippen LogP contribution in [0.4, 0.5) is 37.0 Å². The third kappa shape index (κ3) is 6.72. The predicted molar refractivity (Wildman–Crippen MR) is 160 cm³/mol. The molecule has 4 heterocycles. The molecule has 1 N–H and O–H groups in total. The summed E-state index contributed by atoms with van der Waals surface area (Å²) >= 11 is 0. The largest absolute Gasteiger partial charge is 0.496 e. The minimum absolute atomic E-state index is 0.0519. The number of hydrogen-bond acceptors (Lipinski definition) is 6. The lowest BCUT2D eigenvalue weighted by Crippen LogP contribution is -2.38. The van der Waals surface area contributed by atoms with Gasteiger partial charge in [0.25, 0.3) is 0 Å². The minimum atomic E-state index is -5.04. The SMILES string of the molecule is COc1ccc(CCc2ncc[nH]2)cc1-c1ccc(N2CCC2)nc1CN1C(=O)OC(c2cc(C(F)(F)F)cc(C(F)(F)F)c2)C1C. The number of hydrogen-bond donors (Lipinski definition) is 1. The van der Waals surface area contributed by atoms with Crippen LogP contribution in [0, 0.1) is 0 Å². The van der Waals surface area contributed by atoms with Gasteiger partial charge in [0.2, 0.25) is 0 Å². The Hall–Kier alpha value is -4.75. The van der Waals surface area contributed by atoms with Gasteiger partial charge >= 0.3 is 18.4 Å². The summed E-state index contributed by atoms with van der Waals surface area (Å²) in [7, 11) is 1.54.